The van der Waals surface area contributed by atoms with E-state index in [1.54, 1.807) is 6.20 Å². The third kappa shape index (κ3) is 2.91. The van der Waals surface area contributed by atoms with Gasteiger partial charge in [-0.1, -0.05) is 6.07 Å². The van der Waals surface area contributed by atoms with Crippen molar-refractivity contribution in [2.75, 3.05) is 18.0 Å². The molecule has 0 spiro atoms. The van der Waals surface area contributed by atoms with Crippen LogP contribution in [0.5, 0.6) is 0 Å². The van der Waals surface area contributed by atoms with E-state index in [4.69, 9.17) is 4.98 Å². The van der Waals surface area contributed by atoms with E-state index in [1.165, 1.54) is 0 Å². The first-order chi connectivity index (χ1) is 13.7. The molecule has 5 rings (SSSR count). The van der Waals surface area contributed by atoms with E-state index in [-0.39, 0.29) is 6.10 Å². The van der Waals surface area contributed by atoms with Gasteiger partial charge in [0.25, 0.3) is 0 Å². The van der Waals surface area contributed by atoms with E-state index < -0.39 is 0 Å². The summed E-state index contributed by atoms with van der Waals surface area (Å²) < 4.78 is 3.72. The zero-order valence-corrected chi connectivity index (χ0v) is 15.6. The lowest BCUT2D eigenvalue weighted by Crippen LogP contribution is -2.22. The smallest absolute Gasteiger partial charge is 0.156 e. The lowest BCUT2D eigenvalue weighted by atomic mass is 10.2. The molecule has 0 unspecified atom stereocenters. The van der Waals surface area contributed by atoms with Gasteiger partial charge >= 0.3 is 0 Å². The molecule has 0 bridgehead atoms. The zero-order chi connectivity index (χ0) is 19.1. The van der Waals surface area contributed by atoms with Gasteiger partial charge in [0.15, 0.2) is 5.82 Å². The molecule has 0 radical (unpaired) electrons. The first kappa shape index (κ1) is 16.9. The lowest BCUT2D eigenvalue weighted by molar-refractivity contribution is 0.198. The van der Waals surface area contributed by atoms with Crippen LogP contribution in [0.2, 0.25) is 0 Å². The van der Waals surface area contributed by atoms with Gasteiger partial charge in [-0.3, -0.25) is 9.67 Å². The molecule has 1 saturated heterocycles. The summed E-state index contributed by atoms with van der Waals surface area (Å²) >= 11 is 0. The van der Waals surface area contributed by atoms with Crippen LogP contribution in [-0.4, -0.2) is 53.8 Å². The summed E-state index contributed by atoms with van der Waals surface area (Å²) in [5, 5.41) is 19.6. The fourth-order valence-electron chi connectivity index (χ4n) is 3.59. The molecule has 0 aliphatic carbocycles. The summed E-state index contributed by atoms with van der Waals surface area (Å²) in [5.41, 5.74) is 2.78. The Bertz CT molecular complexity index is 1130. The van der Waals surface area contributed by atoms with Crippen LogP contribution < -0.4 is 4.90 Å². The van der Waals surface area contributed by atoms with Crippen molar-refractivity contribution in [1.29, 1.82) is 0 Å². The standard InChI is InChI=1S/C20H21N7O/c1-2-26-12-15(11-22-26)17-8-18-14(9-21-17)10-23-27(18)20-5-3-4-19(24-20)25-7-6-16(28)13-25/h3-5,8-12,16,28H,2,6-7,13H2,1H3/t16-/m0/s1. The Kier molecular flexibility index (Phi) is 4.05. The monoisotopic (exact) mass is 375 g/mol. The molecule has 1 aliphatic rings. The zero-order valence-electron chi connectivity index (χ0n) is 15.6. The van der Waals surface area contributed by atoms with Gasteiger partial charge in [-0.25, -0.2) is 9.67 Å². The third-order valence-electron chi connectivity index (χ3n) is 5.13. The van der Waals surface area contributed by atoms with Gasteiger partial charge in [-0.2, -0.15) is 10.2 Å². The molecular formula is C20H21N7O. The normalized spacial score (nSPS) is 16.9. The van der Waals surface area contributed by atoms with Gasteiger partial charge < -0.3 is 10.0 Å². The molecule has 1 atom stereocenters. The Hall–Kier alpha value is -3.26. The summed E-state index contributed by atoms with van der Waals surface area (Å²) in [6.07, 6.45) is 7.95. The van der Waals surface area contributed by atoms with E-state index in [0.717, 1.165) is 53.3 Å². The molecule has 1 fully saturated rings. The van der Waals surface area contributed by atoms with Gasteiger partial charge in [0, 0.05) is 43.0 Å². The van der Waals surface area contributed by atoms with Crippen LogP contribution in [-0.2, 0) is 6.54 Å². The highest BCUT2D eigenvalue weighted by atomic mass is 16.3. The SMILES string of the molecule is CCn1cc(-c2cc3c(cn2)cnn3-c2cccc(N3CC[C@H](O)C3)n2)cn1. The minimum absolute atomic E-state index is 0.284. The maximum absolute atomic E-state index is 9.81. The van der Waals surface area contributed by atoms with Crippen LogP contribution in [0.15, 0.2) is 49.1 Å². The highest BCUT2D eigenvalue weighted by Crippen LogP contribution is 2.25. The van der Waals surface area contributed by atoms with Crippen molar-refractivity contribution in [1.82, 2.24) is 29.5 Å². The predicted molar refractivity (Wildman–Crippen MR) is 106 cm³/mol. The van der Waals surface area contributed by atoms with Crippen molar-refractivity contribution < 1.29 is 5.11 Å². The fourth-order valence-corrected chi connectivity index (χ4v) is 3.59. The van der Waals surface area contributed by atoms with Crippen LogP contribution in [0.4, 0.5) is 5.82 Å². The number of β-amino-alcohol motifs (C(OH)–C–C–N with tert-alkyl or cyclic N) is 1. The summed E-state index contributed by atoms with van der Waals surface area (Å²) in [6.45, 7) is 4.31. The molecule has 4 aromatic rings. The number of hydrogen-bond donors (Lipinski definition) is 1. The second-order valence-electron chi connectivity index (χ2n) is 7.01. The number of nitrogens with zero attached hydrogens (tertiary/aromatic N) is 7. The van der Waals surface area contributed by atoms with Crippen LogP contribution in [0.3, 0.4) is 0 Å². The minimum atomic E-state index is -0.284. The van der Waals surface area contributed by atoms with Crippen LogP contribution in [0.25, 0.3) is 28.0 Å². The molecule has 8 heteroatoms. The number of aliphatic hydroxyl groups is 1. The van der Waals surface area contributed by atoms with Crippen molar-refractivity contribution >= 4 is 16.7 Å². The Balaban J connectivity index is 1.55. The largest absolute Gasteiger partial charge is 0.391 e. The molecule has 5 heterocycles. The van der Waals surface area contributed by atoms with E-state index in [2.05, 4.69) is 27.0 Å². The number of aryl methyl sites for hydroxylation is 1. The Morgan fingerprint density at radius 2 is 2.04 bits per heavy atom. The Labute approximate surface area is 162 Å². The van der Waals surface area contributed by atoms with Crippen molar-refractivity contribution in [3.8, 4) is 17.1 Å². The van der Waals surface area contributed by atoms with Crippen molar-refractivity contribution in [3.05, 3.63) is 49.1 Å². The van der Waals surface area contributed by atoms with Gasteiger partial charge in [-0.15, -0.1) is 0 Å². The summed E-state index contributed by atoms with van der Waals surface area (Å²) in [5.74, 6) is 1.60. The van der Waals surface area contributed by atoms with Crippen molar-refractivity contribution in [2.45, 2.75) is 26.0 Å². The average Bonchev–Trinajstić information content (AvgIpc) is 3.46. The number of aliphatic hydroxyl groups excluding tert-OH is 1. The van der Waals surface area contributed by atoms with E-state index >= 15 is 0 Å². The maximum atomic E-state index is 9.81. The first-order valence-electron chi connectivity index (χ1n) is 9.48. The molecule has 0 saturated carbocycles. The van der Waals surface area contributed by atoms with Gasteiger partial charge in [0.2, 0.25) is 0 Å². The summed E-state index contributed by atoms with van der Waals surface area (Å²) in [6, 6.07) is 7.91. The number of anilines is 1. The fraction of sp³-hybridized carbons (Fsp3) is 0.300. The topological polar surface area (TPSA) is 84.9 Å². The molecule has 0 aromatic carbocycles. The Morgan fingerprint density at radius 3 is 2.82 bits per heavy atom. The molecule has 142 valence electrons. The molecule has 1 N–H and O–H groups in total. The minimum Gasteiger partial charge on any atom is -0.391 e. The molecule has 1 aliphatic heterocycles. The summed E-state index contributed by atoms with van der Waals surface area (Å²) in [4.78, 5) is 11.4. The quantitative estimate of drug-likeness (QED) is 0.589. The van der Waals surface area contributed by atoms with Crippen LogP contribution in [0.1, 0.15) is 13.3 Å². The van der Waals surface area contributed by atoms with Crippen molar-refractivity contribution in [3.63, 3.8) is 0 Å². The number of rotatable bonds is 4. The van der Waals surface area contributed by atoms with Gasteiger partial charge in [0.1, 0.15) is 5.82 Å². The van der Waals surface area contributed by atoms with Gasteiger partial charge in [0.05, 0.1) is 29.7 Å². The maximum Gasteiger partial charge on any atom is 0.156 e. The van der Waals surface area contributed by atoms with Crippen LogP contribution in [0, 0.1) is 0 Å². The van der Waals surface area contributed by atoms with Crippen LogP contribution >= 0.6 is 0 Å². The average molecular weight is 375 g/mol. The van der Waals surface area contributed by atoms with Crippen molar-refractivity contribution in [2.24, 2.45) is 0 Å². The number of hydrogen-bond acceptors (Lipinski definition) is 6. The van der Waals surface area contributed by atoms with E-state index in [9.17, 15) is 5.11 Å². The number of aromatic nitrogens is 6. The molecule has 4 aromatic heterocycles. The predicted octanol–water partition coefficient (Wildman–Crippen LogP) is 2.27. The van der Waals surface area contributed by atoms with E-state index in [0.29, 0.717) is 6.54 Å². The lowest BCUT2D eigenvalue weighted by Gasteiger charge is -2.17. The Morgan fingerprint density at radius 1 is 1.14 bits per heavy atom. The highest BCUT2D eigenvalue weighted by Gasteiger charge is 2.21. The van der Waals surface area contributed by atoms with E-state index in [1.807, 2.05) is 52.2 Å². The molecule has 8 nitrogen and oxygen atoms in total. The molecular weight excluding hydrogens is 354 g/mol. The summed E-state index contributed by atoms with van der Waals surface area (Å²) in [7, 11) is 0. The number of pyridine rings is 2. The second-order valence-corrected chi connectivity index (χ2v) is 7.01. The first-order valence-corrected chi connectivity index (χ1v) is 9.48. The molecule has 28 heavy (non-hydrogen) atoms. The number of fused-ring (bicyclic) bond motifs is 1. The second kappa shape index (κ2) is 6.72. The molecule has 0 amide bonds. The highest BCUT2D eigenvalue weighted by molar-refractivity contribution is 5.83. The van der Waals surface area contributed by atoms with Gasteiger partial charge in [-0.05, 0) is 31.5 Å². The third-order valence-corrected chi connectivity index (χ3v) is 5.13.